The van der Waals surface area contributed by atoms with Crippen LogP contribution in [0.1, 0.15) is 16.1 Å². The van der Waals surface area contributed by atoms with E-state index in [2.05, 4.69) is 10.4 Å². The van der Waals surface area contributed by atoms with Crippen molar-refractivity contribution in [1.29, 1.82) is 0 Å². The number of amides is 1. The van der Waals surface area contributed by atoms with Gasteiger partial charge in [0.2, 0.25) is 0 Å². The molecule has 0 saturated heterocycles. The Morgan fingerprint density at radius 3 is 2.38 bits per heavy atom. The summed E-state index contributed by atoms with van der Waals surface area (Å²) in [7, 11) is 0. The number of fused-ring (bicyclic) bond motifs is 1. The van der Waals surface area contributed by atoms with Gasteiger partial charge in [-0.25, -0.2) is 4.68 Å². The van der Waals surface area contributed by atoms with Crippen molar-refractivity contribution in [2.45, 2.75) is 6.92 Å². The van der Waals surface area contributed by atoms with Crippen LogP contribution in [0.5, 0.6) is 0 Å². The van der Waals surface area contributed by atoms with E-state index in [4.69, 9.17) is 0 Å². The van der Waals surface area contributed by atoms with Crippen LogP contribution in [0.2, 0.25) is 0 Å². The van der Waals surface area contributed by atoms with Crippen LogP contribution in [0.4, 0.5) is 5.69 Å². The second kappa shape index (κ2) is 6.37. The van der Waals surface area contributed by atoms with Crippen molar-refractivity contribution in [2.75, 3.05) is 5.32 Å². The number of benzene rings is 3. The van der Waals surface area contributed by atoms with Gasteiger partial charge in [0.25, 0.3) is 11.5 Å². The summed E-state index contributed by atoms with van der Waals surface area (Å²) in [5.74, 6) is -0.422. The highest BCUT2D eigenvalue weighted by molar-refractivity contribution is 6.04. The first kappa shape index (κ1) is 15.9. The van der Waals surface area contributed by atoms with Crippen molar-refractivity contribution in [3.05, 3.63) is 94.4 Å². The minimum atomic E-state index is -0.422. The number of carbonyl (C=O) groups excluding carboxylic acids is 1. The van der Waals surface area contributed by atoms with Crippen LogP contribution >= 0.6 is 0 Å². The first-order valence-corrected chi connectivity index (χ1v) is 8.31. The van der Waals surface area contributed by atoms with Gasteiger partial charge in [0, 0.05) is 11.4 Å². The molecule has 0 radical (unpaired) electrons. The Labute approximate surface area is 149 Å². The van der Waals surface area contributed by atoms with Gasteiger partial charge in [-0.1, -0.05) is 48.5 Å². The third-order valence-electron chi connectivity index (χ3n) is 4.32. The molecular formula is C21H17N3O2. The molecule has 1 amide bonds. The van der Waals surface area contributed by atoms with Crippen molar-refractivity contribution in [1.82, 2.24) is 9.78 Å². The Balaban J connectivity index is 1.74. The summed E-state index contributed by atoms with van der Waals surface area (Å²) in [6, 6.07) is 22.7. The molecule has 5 nitrogen and oxygen atoms in total. The largest absolute Gasteiger partial charge is 0.322 e. The second-order valence-corrected chi connectivity index (χ2v) is 6.10. The van der Waals surface area contributed by atoms with Crippen LogP contribution in [-0.2, 0) is 0 Å². The molecule has 3 aromatic carbocycles. The Morgan fingerprint density at radius 2 is 1.62 bits per heavy atom. The zero-order valence-corrected chi connectivity index (χ0v) is 14.2. The van der Waals surface area contributed by atoms with Gasteiger partial charge in [-0.05, 0) is 42.0 Å². The number of aryl methyl sites for hydroxylation is 1. The van der Waals surface area contributed by atoms with Crippen LogP contribution in [-0.4, -0.2) is 15.7 Å². The number of aromatic nitrogens is 2. The predicted molar refractivity (Wildman–Crippen MR) is 103 cm³/mol. The number of hydrogen-bond donors (Lipinski definition) is 2. The molecule has 0 spiro atoms. The third-order valence-corrected chi connectivity index (χ3v) is 4.32. The zero-order chi connectivity index (χ0) is 18.1. The summed E-state index contributed by atoms with van der Waals surface area (Å²) in [4.78, 5) is 25.4. The second-order valence-electron chi connectivity index (χ2n) is 6.10. The van der Waals surface area contributed by atoms with Crippen LogP contribution in [0.25, 0.3) is 16.5 Å². The molecule has 0 fully saturated rings. The minimum Gasteiger partial charge on any atom is -0.322 e. The van der Waals surface area contributed by atoms with Gasteiger partial charge >= 0.3 is 0 Å². The van der Waals surface area contributed by atoms with E-state index in [1.807, 2.05) is 60.7 Å². The first-order chi connectivity index (χ1) is 12.6. The molecule has 2 N–H and O–H groups in total. The zero-order valence-electron chi connectivity index (χ0n) is 14.2. The quantitative estimate of drug-likeness (QED) is 0.593. The number of H-pyrrole nitrogens is 1. The number of nitrogens with zero attached hydrogens (tertiary/aromatic N) is 1. The molecule has 0 aliphatic rings. The number of aromatic amines is 1. The molecule has 0 unspecified atom stereocenters. The highest BCUT2D eigenvalue weighted by Gasteiger charge is 2.19. The van der Waals surface area contributed by atoms with Gasteiger partial charge in [0.05, 0.1) is 5.69 Å². The topological polar surface area (TPSA) is 66.9 Å². The van der Waals surface area contributed by atoms with E-state index in [1.54, 1.807) is 19.1 Å². The lowest BCUT2D eigenvalue weighted by molar-refractivity contribution is 0.102. The summed E-state index contributed by atoms with van der Waals surface area (Å²) in [6.45, 7) is 1.72. The van der Waals surface area contributed by atoms with Gasteiger partial charge in [-0.15, -0.1) is 0 Å². The monoisotopic (exact) mass is 343 g/mol. The maximum atomic E-state index is 12.8. The number of nitrogens with one attached hydrogen (secondary N) is 2. The molecule has 4 aromatic rings. The Kier molecular flexibility index (Phi) is 3.89. The lowest BCUT2D eigenvalue weighted by Crippen LogP contribution is -2.24. The molecular weight excluding hydrogens is 326 g/mol. The number of hydrogen-bond acceptors (Lipinski definition) is 2. The Bertz CT molecular complexity index is 1160. The molecule has 0 aliphatic carbocycles. The summed E-state index contributed by atoms with van der Waals surface area (Å²) < 4.78 is 1.40. The molecule has 0 saturated carbocycles. The van der Waals surface area contributed by atoms with E-state index < -0.39 is 5.91 Å². The molecule has 128 valence electrons. The SMILES string of the molecule is Cc1[nH]n(-c2ccc3ccccc3c2)c(=O)c1C(=O)Nc1ccccc1. The number of para-hydroxylation sites is 1. The minimum absolute atomic E-state index is 0.113. The highest BCUT2D eigenvalue weighted by atomic mass is 16.2. The van der Waals surface area contributed by atoms with E-state index in [9.17, 15) is 9.59 Å². The fourth-order valence-corrected chi connectivity index (χ4v) is 3.03. The van der Waals surface area contributed by atoms with Crippen LogP contribution in [0.3, 0.4) is 0 Å². The average Bonchev–Trinajstić information content (AvgIpc) is 2.96. The van der Waals surface area contributed by atoms with Crippen molar-refractivity contribution in [2.24, 2.45) is 0 Å². The summed E-state index contributed by atoms with van der Waals surface area (Å²) in [5, 5.41) is 7.89. The lowest BCUT2D eigenvalue weighted by atomic mass is 10.1. The van der Waals surface area contributed by atoms with Crippen LogP contribution < -0.4 is 10.9 Å². The maximum Gasteiger partial charge on any atom is 0.284 e. The van der Waals surface area contributed by atoms with E-state index in [-0.39, 0.29) is 11.1 Å². The number of anilines is 1. The van der Waals surface area contributed by atoms with Gasteiger partial charge in [0.15, 0.2) is 0 Å². The van der Waals surface area contributed by atoms with E-state index in [1.165, 1.54) is 4.68 Å². The Hall–Kier alpha value is -3.60. The molecule has 0 aliphatic heterocycles. The van der Waals surface area contributed by atoms with Crippen molar-refractivity contribution < 1.29 is 4.79 Å². The van der Waals surface area contributed by atoms with Gasteiger partial charge < -0.3 is 5.32 Å². The van der Waals surface area contributed by atoms with E-state index in [0.717, 1.165) is 10.8 Å². The first-order valence-electron chi connectivity index (χ1n) is 8.31. The summed E-state index contributed by atoms with van der Waals surface area (Å²) >= 11 is 0. The van der Waals surface area contributed by atoms with Gasteiger partial charge in [0.1, 0.15) is 5.56 Å². The standard InChI is InChI=1S/C21H17N3O2/c1-14-19(20(25)22-17-9-3-2-4-10-17)21(26)24(23-14)18-12-11-15-7-5-6-8-16(15)13-18/h2-13,23H,1H3,(H,22,25). The van der Waals surface area contributed by atoms with Crippen LogP contribution in [0.15, 0.2) is 77.6 Å². The summed E-state index contributed by atoms with van der Waals surface area (Å²) in [5.41, 5.74) is 1.61. The summed E-state index contributed by atoms with van der Waals surface area (Å²) in [6.07, 6.45) is 0. The predicted octanol–water partition coefficient (Wildman–Crippen LogP) is 3.88. The van der Waals surface area contributed by atoms with E-state index >= 15 is 0 Å². The molecule has 5 heteroatoms. The molecule has 0 bridgehead atoms. The molecule has 0 atom stereocenters. The molecule has 4 rings (SSSR count). The third kappa shape index (κ3) is 2.80. The lowest BCUT2D eigenvalue weighted by Gasteiger charge is -2.04. The fraction of sp³-hybridized carbons (Fsp3) is 0.0476. The highest BCUT2D eigenvalue weighted by Crippen LogP contribution is 2.18. The number of carbonyl (C=O) groups is 1. The maximum absolute atomic E-state index is 12.8. The normalized spacial score (nSPS) is 10.8. The average molecular weight is 343 g/mol. The number of rotatable bonds is 3. The van der Waals surface area contributed by atoms with Crippen molar-refractivity contribution in [3.63, 3.8) is 0 Å². The molecule has 26 heavy (non-hydrogen) atoms. The Morgan fingerprint density at radius 1 is 0.923 bits per heavy atom. The van der Waals surface area contributed by atoms with E-state index in [0.29, 0.717) is 17.1 Å². The molecule has 1 aromatic heterocycles. The van der Waals surface area contributed by atoms with Crippen molar-refractivity contribution >= 4 is 22.4 Å². The van der Waals surface area contributed by atoms with Crippen molar-refractivity contribution in [3.8, 4) is 5.69 Å². The van der Waals surface area contributed by atoms with Gasteiger partial charge in [-0.3, -0.25) is 14.7 Å². The smallest absolute Gasteiger partial charge is 0.284 e. The fourth-order valence-electron chi connectivity index (χ4n) is 3.03. The molecule has 1 heterocycles. The van der Waals surface area contributed by atoms with Crippen LogP contribution in [0, 0.1) is 6.92 Å². The van der Waals surface area contributed by atoms with Gasteiger partial charge in [-0.2, -0.15) is 0 Å².